The number of likely N-dealkylation sites (tertiary alicyclic amines) is 1. The van der Waals surface area contributed by atoms with Gasteiger partial charge in [-0.05, 0) is 74.8 Å². The largest absolute Gasteiger partial charge is 0.352 e. The summed E-state index contributed by atoms with van der Waals surface area (Å²) >= 11 is 6.03. The number of nitrogens with one attached hydrogen (secondary N) is 1. The van der Waals surface area contributed by atoms with E-state index in [2.05, 4.69) is 10.2 Å². The molecule has 32 heavy (non-hydrogen) atoms. The third-order valence-electron chi connectivity index (χ3n) is 5.67. The van der Waals surface area contributed by atoms with Gasteiger partial charge in [0.25, 0.3) is 5.91 Å². The van der Waals surface area contributed by atoms with Gasteiger partial charge in [0.1, 0.15) is 0 Å². The zero-order valence-electron chi connectivity index (χ0n) is 18.6. The Morgan fingerprint density at radius 2 is 1.75 bits per heavy atom. The van der Waals surface area contributed by atoms with Gasteiger partial charge >= 0.3 is 0 Å². The van der Waals surface area contributed by atoms with Gasteiger partial charge in [-0.2, -0.15) is 0 Å². The van der Waals surface area contributed by atoms with Crippen molar-refractivity contribution in [3.63, 3.8) is 0 Å². The molecule has 1 amide bonds. The lowest BCUT2D eigenvalue weighted by atomic mass is 10.1. The van der Waals surface area contributed by atoms with E-state index in [1.54, 1.807) is 48.5 Å². The SMILES string of the molecule is CS(=O)(=O)N(Cc1ccc(C(=O)NCCCN2CCCCCC2)cc1)c1cccc(Cl)c1. The van der Waals surface area contributed by atoms with Crippen LogP contribution in [0.5, 0.6) is 0 Å². The fraction of sp³-hybridized carbons (Fsp3) is 0.458. The number of rotatable bonds is 9. The number of hydrogen-bond acceptors (Lipinski definition) is 4. The Hall–Kier alpha value is -2.09. The van der Waals surface area contributed by atoms with Crippen LogP contribution in [-0.2, 0) is 16.6 Å². The number of sulfonamides is 1. The van der Waals surface area contributed by atoms with E-state index in [1.165, 1.54) is 36.2 Å². The molecule has 1 saturated heterocycles. The molecule has 1 fully saturated rings. The van der Waals surface area contributed by atoms with Gasteiger partial charge in [-0.15, -0.1) is 0 Å². The fourth-order valence-corrected chi connectivity index (χ4v) is 4.99. The molecular formula is C24H32ClN3O3S. The molecule has 3 rings (SSSR count). The maximum Gasteiger partial charge on any atom is 0.251 e. The average molecular weight is 478 g/mol. The number of hydrogen-bond donors (Lipinski definition) is 1. The number of carbonyl (C=O) groups excluding carboxylic acids is 1. The highest BCUT2D eigenvalue weighted by Crippen LogP contribution is 2.24. The molecule has 0 aliphatic carbocycles. The molecule has 1 aliphatic rings. The Balaban J connectivity index is 1.53. The van der Waals surface area contributed by atoms with Gasteiger partial charge in [-0.1, -0.05) is 42.6 Å². The molecule has 1 N–H and O–H groups in total. The standard InChI is InChI=1S/C24H32ClN3O3S/c1-32(30,31)28(23-9-6-8-22(25)18-23)19-20-10-12-21(13-11-20)24(29)26-14-7-17-27-15-4-2-3-5-16-27/h6,8-13,18H,2-5,7,14-17,19H2,1H3,(H,26,29). The number of nitrogens with zero attached hydrogens (tertiary/aromatic N) is 2. The molecule has 0 aromatic heterocycles. The van der Waals surface area contributed by atoms with Crippen LogP contribution in [0.2, 0.25) is 5.02 Å². The molecule has 0 bridgehead atoms. The number of anilines is 1. The summed E-state index contributed by atoms with van der Waals surface area (Å²) in [5, 5.41) is 3.46. The van der Waals surface area contributed by atoms with Crippen molar-refractivity contribution in [2.24, 2.45) is 0 Å². The van der Waals surface area contributed by atoms with Crippen molar-refractivity contribution in [1.82, 2.24) is 10.2 Å². The van der Waals surface area contributed by atoms with Gasteiger partial charge < -0.3 is 10.2 Å². The molecule has 0 spiro atoms. The van der Waals surface area contributed by atoms with E-state index in [-0.39, 0.29) is 12.5 Å². The van der Waals surface area contributed by atoms with E-state index in [0.717, 1.165) is 31.6 Å². The van der Waals surface area contributed by atoms with Gasteiger partial charge in [-0.3, -0.25) is 9.10 Å². The number of carbonyl (C=O) groups is 1. The van der Waals surface area contributed by atoms with E-state index in [0.29, 0.717) is 22.8 Å². The molecule has 2 aromatic rings. The van der Waals surface area contributed by atoms with E-state index >= 15 is 0 Å². The fourth-order valence-electron chi connectivity index (χ4n) is 3.93. The van der Waals surface area contributed by atoms with Crippen molar-refractivity contribution in [3.05, 3.63) is 64.7 Å². The summed E-state index contributed by atoms with van der Waals surface area (Å²) in [4.78, 5) is 14.9. The van der Waals surface area contributed by atoms with Gasteiger partial charge in [-0.25, -0.2) is 8.42 Å². The van der Waals surface area contributed by atoms with Gasteiger partial charge in [0, 0.05) is 17.1 Å². The van der Waals surface area contributed by atoms with Crippen LogP contribution < -0.4 is 9.62 Å². The maximum absolute atomic E-state index is 12.5. The number of benzene rings is 2. The Morgan fingerprint density at radius 1 is 1.06 bits per heavy atom. The lowest BCUT2D eigenvalue weighted by molar-refractivity contribution is 0.0951. The number of amides is 1. The molecule has 0 atom stereocenters. The summed E-state index contributed by atoms with van der Waals surface area (Å²) in [6.07, 6.45) is 7.29. The first-order valence-electron chi connectivity index (χ1n) is 11.2. The van der Waals surface area contributed by atoms with Crippen molar-refractivity contribution in [2.75, 3.05) is 36.7 Å². The predicted octanol–water partition coefficient (Wildman–Crippen LogP) is 4.30. The minimum Gasteiger partial charge on any atom is -0.352 e. The van der Waals surface area contributed by atoms with Crippen LogP contribution in [-0.4, -0.2) is 51.7 Å². The molecule has 1 aliphatic heterocycles. The van der Waals surface area contributed by atoms with Crippen LogP contribution in [0.1, 0.15) is 48.0 Å². The Labute approximate surface area is 196 Å². The highest BCUT2D eigenvalue weighted by molar-refractivity contribution is 7.92. The summed E-state index contributed by atoms with van der Waals surface area (Å²) in [6.45, 7) is 4.15. The van der Waals surface area contributed by atoms with E-state index in [9.17, 15) is 13.2 Å². The summed E-state index contributed by atoms with van der Waals surface area (Å²) in [6, 6.07) is 13.8. The van der Waals surface area contributed by atoms with Crippen LogP contribution in [0.15, 0.2) is 48.5 Å². The summed E-state index contributed by atoms with van der Waals surface area (Å²) < 4.78 is 25.9. The van der Waals surface area contributed by atoms with Crippen LogP contribution >= 0.6 is 11.6 Å². The monoisotopic (exact) mass is 477 g/mol. The second-order valence-corrected chi connectivity index (χ2v) is 10.7. The molecule has 6 nitrogen and oxygen atoms in total. The molecule has 0 saturated carbocycles. The molecule has 1 heterocycles. The van der Waals surface area contributed by atoms with Crippen LogP contribution in [0.4, 0.5) is 5.69 Å². The molecule has 8 heteroatoms. The third kappa shape index (κ3) is 7.50. The van der Waals surface area contributed by atoms with Gasteiger partial charge in [0.05, 0.1) is 18.5 Å². The predicted molar refractivity (Wildman–Crippen MR) is 131 cm³/mol. The highest BCUT2D eigenvalue weighted by atomic mass is 35.5. The van der Waals surface area contributed by atoms with Crippen LogP contribution in [0.3, 0.4) is 0 Å². The summed E-state index contributed by atoms with van der Waals surface area (Å²) in [7, 11) is -3.49. The minimum atomic E-state index is -3.49. The topological polar surface area (TPSA) is 69.7 Å². The highest BCUT2D eigenvalue weighted by Gasteiger charge is 2.18. The minimum absolute atomic E-state index is 0.109. The first kappa shape index (κ1) is 24.6. The molecular weight excluding hydrogens is 446 g/mol. The first-order valence-corrected chi connectivity index (χ1v) is 13.4. The van der Waals surface area contributed by atoms with Crippen molar-refractivity contribution >= 4 is 33.2 Å². The lowest BCUT2D eigenvalue weighted by Crippen LogP contribution is -2.30. The van der Waals surface area contributed by atoms with Gasteiger partial charge in [0.2, 0.25) is 10.0 Å². The zero-order chi connectivity index (χ0) is 23.0. The van der Waals surface area contributed by atoms with E-state index in [1.807, 2.05) is 0 Å². The summed E-state index contributed by atoms with van der Waals surface area (Å²) in [5.74, 6) is -0.109. The normalized spacial score (nSPS) is 15.2. The second kappa shape index (κ2) is 11.7. The van der Waals surface area contributed by atoms with Crippen molar-refractivity contribution in [1.29, 1.82) is 0 Å². The summed E-state index contributed by atoms with van der Waals surface area (Å²) in [5.41, 5.74) is 1.86. The number of halogens is 1. The lowest BCUT2D eigenvalue weighted by Gasteiger charge is -2.23. The third-order valence-corrected chi connectivity index (χ3v) is 7.05. The van der Waals surface area contributed by atoms with Crippen molar-refractivity contribution in [2.45, 2.75) is 38.6 Å². The van der Waals surface area contributed by atoms with E-state index in [4.69, 9.17) is 11.6 Å². The van der Waals surface area contributed by atoms with E-state index < -0.39 is 10.0 Å². The second-order valence-electron chi connectivity index (χ2n) is 8.31. The van der Waals surface area contributed by atoms with Crippen LogP contribution in [0.25, 0.3) is 0 Å². The molecule has 2 aromatic carbocycles. The Morgan fingerprint density at radius 3 is 2.38 bits per heavy atom. The molecule has 0 unspecified atom stereocenters. The van der Waals surface area contributed by atoms with Crippen molar-refractivity contribution in [3.8, 4) is 0 Å². The Kier molecular flexibility index (Phi) is 8.96. The maximum atomic E-state index is 12.5. The average Bonchev–Trinajstić information content (AvgIpc) is 3.03. The first-order chi connectivity index (χ1) is 15.3. The zero-order valence-corrected chi connectivity index (χ0v) is 20.2. The Bertz CT molecular complexity index is 988. The quantitative estimate of drug-likeness (QED) is 0.546. The molecule has 0 radical (unpaired) electrons. The van der Waals surface area contributed by atoms with Crippen molar-refractivity contribution < 1.29 is 13.2 Å². The van der Waals surface area contributed by atoms with Crippen LogP contribution in [0, 0.1) is 0 Å². The molecule has 174 valence electrons. The van der Waals surface area contributed by atoms with Gasteiger partial charge in [0.15, 0.2) is 0 Å². The smallest absolute Gasteiger partial charge is 0.251 e.